The van der Waals surface area contributed by atoms with Crippen molar-refractivity contribution in [2.45, 2.75) is 51.7 Å². The smallest absolute Gasteiger partial charge is 0.255 e. The molecular weight excluding hydrogens is 478 g/mol. The number of nitrogens with zero attached hydrogens (tertiary/aromatic N) is 1. The highest BCUT2D eigenvalue weighted by Gasteiger charge is 2.31. The second kappa shape index (κ2) is 13.1. The monoisotopic (exact) mass is 513 g/mol. The minimum absolute atomic E-state index is 0.164. The molecule has 0 bridgehead atoms. The van der Waals surface area contributed by atoms with E-state index in [1.807, 2.05) is 31.2 Å². The van der Waals surface area contributed by atoms with E-state index in [0.29, 0.717) is 40.4 Å². The Bertz CT molecular complexity index is 1130. The lowest BCUT2D eigenvalue weighted by Gasteiger charge is -2.20. The SMILES string of the molecule is CCCOc1c(CC#CN(O)C(C)=O)cc(C2CCC(c3cc(OC)c(OC)c(OC)c3)O2)cc1OC. The maximum Gasteiger partial charge on any atom is 0.255 e. The fraction of sp³-hybridized carbons (Fsp3) is 0.464. The summed E-state index contributed by atoms with van der Waals surface area (Å²) in [7, 11) is 6.34. The van der Waals surface area contributed by atoms with Gasteiger partial charge in [-0.15, -0.1) is 5.06 Å². The summed E-state index contributed by atoms with van der Waals surface area (Å²) in [6.45, 7) is 3.77. The van der Waals surface area contributed by atoms with Gasteiger partial charge in [-0.3, -0.25) is 10.0 Å². The van der Waals surface area contributed by atoms with Crippen LogP contribution in [0.1, 0.15) is 62.0 Å². The van der Waals surface area contributed by atoms with Crippen molar-refractivity contribution in [2.75, 3.05) is 35.0 Å². The van der Waals surface area contributed by atoms with E-state index < -0.39 is 5.91 Å². The van der Waals surface area contributed by atoms with E-state index in [9.17, 15) is 10.0 Å². The molecule has 3 rings (SSSR count). The van der Waals surface area contributed by atoms with Crippen LogP contribution in [0.5, 0.6) is 28.7 Å². The molecule has 37 heavy (non-hydrogen) atoms. The van der Waals surface area contributed by atoms with Crippen LogP contribution in [0.25, 0.3) is 0 Å². The fourth-order valence-corrected chi connectivity index (χ4v) is 4.22. The summed E-state index contributed by atoms with van der Waals surface area (Å²) in [5, 5.41) is 9.97. The Balaban J connectivity index is 1.91. The van der Waals surface area contributed by atoms with Gasteiger partial charge in [0.2, 0.25) is 5.75 Å². The van der Waals surface area contributed by atoms with Crippen LogP contribution in [-0.4, -0.2) is 51.2 Å². The second-order valence-corrected chi connectivity index (χ2v) is 8.51. The zero-order valence-corrected chi connectivity index (χ0v) is 22.3. The number of hydroxylamine groups is 2. The molecule has 1 aliphatic rings. The minimum Gasteiger partial charge on any atom is -0.493 e. The Labute approximate surface area is 218 Å². The molecule has 9 nitrogen and oxygen atoms in total. The van der Waals surface area contributed by atoms with E-state index >= 15 is 0 Å². The Morgan fingerprint density at radius 2 is 1.49 bits per heavy atom. The van der Waals surface area contributed by atoms with Crippen LogP contribution in [0.3, 0.4) is 0 Å². The van der Waals surface area contributed by atoms with Gasteiger partial charge in [0, 0.05) is 25.0 Å². The molecule has 0 radical (unpaired) electrons. The molecule has 1 N–H and O–H groups in total. The Hall–Kier alpha value is -3.61. The van der Waals surface area contributed by atoms with Crippen LogP contribution < -0.4 is 23.7 Å². The minimum atomic E-state index is -0.557. The van der Waals surface area contributed by atoms with Crippen molar-refractivity contribution >= 4 is 5.91 Å². The van der Waals surface area contributed by atoms with Crippen molar-refractivity contribution in [3.63, 3.8) is 0 Å². The topological polar surface area (TPSA) is 95.9 Å². The molecule has 1 fully saturated rings. The first-order valence-corrected chi connectivity index (χ1v) is 12.1. The van der Waals surface area contributed by atoms with Gasteiger partial charge in [-0.25, -0.2) is 0 Å². The number of hydrogen-bond acceptors (Lipinski definition) is 8. The van der Waals surface area contributed by atoms with Crippen molar-refractivity contribution in [2.24, 2.45) is 0 Å². The number of ether oxygens (including phenoxy) is 6. The summed E-state index contributed by atoms with van der Waals surface area (Å²) in [5.41, 5.74) is 2.65. The van der Waals surface area contributed by atoms with Crippen LogP contribution >= 0.6 is 0 Å². The third kappa shape index (κ3) is 6.59. The van der Waals surface area contributed by atoms with Crippen LogP contribution in [0.2, 0.25) is 0 Å². The first-order valence-electron chi connectivity index (χ1n) is 12.1. The zero-order valence-electron chi connectivity index (χ0n) is 22.3. The van der Waals surface area contributed by atoms with Gasteiger partial charge in [0.25, 0.3) is 5.91 Å². The van der Waals surface area contributed by atoms with E-state index in [2.05, 4.69) is 12.0 Å². The average Bonchev–Trinajstić information content (AvgIpc) is 3.41. The summed E-state index contributed by atoms with van der Waals surface area (Å²) < 4.78 is 34.6. The first kappa shape index (κ1) is 28.0. The van der Waals surface area contributed by atoms with Gasteiger partial charge in [-0.2, -0.15) is 0 Å². The Kier molecular flexibility index (Phi) is 9.89. The maximum atomic E-state index is 11.3. The quantitative estimate of drug-likeness (QED) is 0.209. The molecule has 0 aliphatic carbocycles. The Morgan fingerprint density at radius 1 is 0.946 bits per heavy atom. The van der Waals surface area contributed by atoms with Gasteiger partial charge in [0.1, 0.15) is 0 Å². The third-order valence-electron chi connectivity index (χ3n) is 6.04. The summed E-state index contributed by atoms with van der Waals surface area (Å²) in [5.74, 6) is 5.13. The predicted octanol–water partition coefficient (Wildman–Crippen LogP) is 4.84. The van der Waals surface area contributed by atoms with Crippen molar-refractivity contribution < 1.29 is 38.4 Å². The summed E-state index contributed by atoms with van der Waals surface area (Å²) in [4.78, 5) is 11.3. The molecule has 9 heteroatoms. The van der Waals surface area contributed by atoms with E-state index in [-0.39, 0.29) is 18.6 Å². The molecular formula is C28H35NO8. The summed E-state index contributed by atoms with van der Waals surface area (Å²) >= 11 is 0. The lowest BCUT2D eigenvalue weighted by atomic mass is 9.99. The number of carbonyl (C=O) groups excluding carboxylic acids is 1. The van der Waals surface area contributed by atoms with Crippen LogP contribution in [-0.2, 0) is 16.0 Å². The molecule has 0 spiro atoms. The van der Waals surface area contributed by atoms with E-state index in [4.69, 9.17) is 28.4 Å². The van der Waals surface area contributed by atoms with Gasteiger partial charge < -0.3 is 28.4 Å². The zero-order chi connectivity index (χ0) is 26.9. The molecule has 1 heterocycles. The maximum absolute atomic E-state index is 11.3. The van der Waals surface area contributed by atoms with E-state index in [1.54, 1.807) is 28.4 Å². The highest BCUT2D eigenvalue weighted by atomic mass is 16.5. The van der Waals surface area contributed by atoms with Crippen LogP contribution in [0.15, 0.2) is 24.3 Å². The summed E-state index contributed by atoms with van der Waals surface area (Å²) in [6.07, 6.45) is 2.31. The lowest BCUT2D eigenvalue weighted by molar-refractivity contribution is -0.149. The van der Waals surface area contributed by atoms with Gasteiger partial charge >= 0.3 is 0 Å². The van der Waals surface area contributed by atoms with Gasteiger partial charge in [0.05, 0.1) is 47.3 Å². The van der Waals surface area contributed by atoms with Gasteiger partial charge in [-0.1, -0.05) is 12.8 Å². The number of methoxy groups -OCH3 is 4. The molecule has 1 saturated heterocycles. The number of carbonyl (C=O) groups is 1. The van der Waals surface area contributed by atoms with Gasteiger partial charge in [-0.05, 0) is 54.7 Å². The van der Waals surface area contributed by atoms with Crippen molar-refractivity contribution in [1.82, 2.24) is 5.06 Å². The lowest BCUT2D eigenvalue weighted by Crippen LogP contribution is -2.18. The van der Waals surface area contributed by atoms with Crippen molar-refractivity contribution in [1.29, 1.82) is 0 Å². The normalized spacial score (nSPS) is 16.4. The largest absolute Gasteiger partial charge is 0.493 e. The molecule has 2 aromatic rings. The molecule has 200 valence electrons. The molecule has 2 aromatic carbocycles. The van der Waals surface area contributed by atoms with Crippen molar-refractivity contribution in [3.8, 4) is 40.7 Å². The molecule has 0 saturated carbocycles. The van der Waals surface area contributed by atoms with Crippen molar-refractivity contribution in [3.05, 3.63) is 41.0 Å². The summed E-state index contributed by atoms with van der Waals surface area (Å²) in [6, 6.07) is 10.2. The number of hydrogen-bond donors (Lipinski definition) is 1. The van der Waals surface area contributed by atoms with E-state index in [1.165, 1.54) is 6.92 Å². The fourth-order valence-electron chi connectivity index (χ4n) is 4.22. The van der Waals surface area contributed by atoms with Crippen LogP contribution in [0, 0.1) is 12.0 Å². The number of rotatable bonds is 10. The first-order chi connectivity index (χ1) is 17.9. The average molecular weight is 514 g/mol. The predicted molar refractivity (Wildman–Crippen MR) is 136 cm³/mol. The highest BCUT2D eigenvalue weighted by Crippen LogP contribution is 2.47. The number of amides is 1. The number of benzene rings is 2. The van der Waals surface area contributed by atoms with E-state index in [0.717, 1.165) is 36.0 Å². The van der Waals surface area contributed by atoms with Gasteiger partial charge in [0.15, 0.2) is 23.0 Å². The Morgan fingerprint density at radius 3 is 1.97 bits per heavy atom. The molecule has 2 unspecified atom stereocenters. The molecule has 1 amide bonds. The highest BCUT2D eigenvalue weighted by molar-refractivity contribution is 5.73. The standard InChI is InChI=1S/C28H35NO8/c1-7-13-36-27-19(9-8-12-29(31)18(2)30)14-20(15-24(27)32-3)22-10-11-23(37-22)21-16-25(33-4)28(35-6)26(17-21)34-5/h14-17,22-23,31H,7,9-11,13H2,1-6H3. The molecule has 0 aromatic heterocycles. The molecule has 1 aliphatic heterocycles. The van der Waals surface area contributed by atoms with Crippen LogP contribution in [0.4, 0.5) is 0 Å². The third-order valence-corrected chi connectivity index (χ3v) is 6.04. The molecule has 2 atom stereocenters. The second-order valence-electron chi connectivity index (χ2n) is 8.51.